The Morgan fingerprint density at radius 2 is 1.77 bits per heavy atom. The SMILES string of the molecule is CC(=O)Nc1nc2ncc(C(OC(C)=O)C(C)OC(C)=O)nc2c(=O)[nH]1. The minimum atomic E-state index is -1.05. The van der Waals surface area contributed by atoms with Gasteiger partial charge in [0.15, 0.2) is 17.3 Å². The van der Waals surface area contributed by atoms with Crippen molar-refractivity contribution in [2.24, 2.45) is 0 Å². The van der Waals surface area contributed by atoms with E-state index in [-0.39, 0.29) is 22.8 Å². The van der Waals surface area contributed by atoms with Crippen LogP contribution in [0.4, 0.5) is 5.95 Å². The minimum absolute atomic E-state index is 0.0111. The highest BCUT2D eigenvalue weighted by atomic mass is 16.6. The Labute approximate surface area is 147 Å². The van der Waals surface area contributed by atoms with Gasteiger partial charge in [-0.25, -0.2) is 9.97 Å². The zero-order chi connectivity index (χ0) is 19.4. The molecule has 2 rings (SSSR count). The highest BCUT2D eigenvalue weighted by molar-refractivity contribution is 5.87. The molecular weight excluding hydrogens is 346 g/mol. The van der Waals surface area contributed by atoms with Crippen molar-refractivity contribution in [1.29, 1.82) is 0 Å². The Kier molecular flexibility index (Phi) is 5.60. The van der Waals surface area contributed by atoms with Crippen LogP contribution in [0.5, 0.6) is 0 Å². The van der Waals surface area contributed by atoms with Gasteiger partial charge in [-0.05, 0) is 6.92 Å². The highest BCUT2D eigenvalue weighted by Gasteiger charge is 2.27. The van der Waals surface area contributed by atoms with Crippen molar-refractivity contribution in [1.82, 2.24) is 19.9 Å². The third-order valence-corrected chi connectivity index (χ3v) is 3.09. The number of fused-ring (bicyclic) bond motifs is 1. The molecular formula is C15H17N5O6. The number of esters is 2. The molecule has 138 valence electrons. The lowest BCUT2D eigenvalue weighted by Gasteiger charge is -2.22. The maximum Gasteiger partial charge on any atom is 0.303 e. The zero-order valence-electron chi connectivity index (χ0n) is 14.5. The van der Waals surface area contributed by atoms with Crippen LogP contribution in [-0.4, -0.2) is 43.9 Å². The molecule has 0 aliphatic rings. The van der Waals surface area contributed by atoms with Crippen LogP contribution in [0.1, 0.15) is 39.5 Å². The summed E-state index contributed by atoms with van der Waals surface area (Å²) in [5, 5.41) is 2.34. The molecule has 2 N–H and O–H groups in total. The minimum Gasteiger partial charge on any atom is -0.458 e. The average molecular weight is 363 g/mol. The van der Waals surface area contributed by atoms with Gasteiger partial charge in [-0.1, -0.05) is 0 Å². The monoisotopic (exact) mass is 363 g/mol. The summed E-state index contributed by atoms with van der Waals surface area (Å²) in [6.07, 6.45) is -0.656. The van der Waals surface area contributed by atoms with Crippen LogP contribution in [0.25, 0.3) is 11.2 Å². The summed E-state index contributed by atoms with van der Waals surface area (Å²) in [4.78, 5) is 60.3. The van der Waals surface area contributed by atoms with Gasteiger partial charge in [0.25, 0.3) is 5.56 Å². The zero-order valence-corrected chi connectivity index (χ0v) is 14.5. The lowest BCUT2D eigenvalue weighted by molar-refractivity contribution is -0.164. The van der Waals surface area contributed by atoms with Gasteiger partial charge in [0.1, 0.15) is 11.8 Å². The molecule has 0 bridgehead atoms. The standard InChI is InChI=1S/C15H17N5O6/c1-6(25-8(3)22)12(26-9(4)23)10-5-16-13-11(18-10)14(24)20-15(19-13)17-7(2)21/h5-6,12H,1-4H3,(H2,16,17,19,20,21,24). The number of hydrogen-bond donors (Lipinski definition) is 2. The van der Waals surface area contributed by atoms with Gasteiger partial charge in [0, 0.05) is 20.8 Å². The first-order chi connectivity index (χ1) is 12.2. The van der Waals surface area contributed by atoms with Crippen molar-refractivity contribution in [2.45, 2.75) is 39.9 Å². The quantitative estimate of drug-likeness (QED) is 0.710. The third-order valence-electron chi connectivity index (χ3n) is 3.09. The van der Waals surface area contributed by atoms with Crippen molar-refractivity contribution >= 4 is 35.0 Å². The average Bonchev–Trinajstić information content (AvgIpc) is 2.51. The van der Waals surface area contributed by atoms with Crippen molar-refractivity contribution < 1.29 is 23.9 Å². The van der Waals surface area contributed by atoms with Crippen LogP contribution in [0.2, 0.25) is 0 Å². The summed E-state index contributed by atoms with van der Waals surface area (Å²) in [6.45, 7) is 5.18. The van der Waals surface area contributed by atoms with Gasteiger partial charge in [-0.15, -0.1) is 0 Å². The number of H-pyrrole nitrogens is 1. The smallest absolute Gasteiger partial charge is 0.303 e. The van der Waals surface area contributed by atoms with Crippen LogP contribution >= 0.6 is 0 Å². The van der Waals surface area contributed by atoms with Crippen molar-refractivity contribution in [3.05, 3.63) is 22.2 Å². The maximum atomic E-state index is 12.2. The van der Waals surface area contributed by atoms with Gasteiger partial charge in [-0.2, -0.15) is 4.98 Å². The van der Waals surface area contributed by atoms with Gasteiger partial charge in [-0.3, -0.25) is 29.5 Å². The molecule has 0 saturated carbocycles. The second-order valence-corrected chi connectivity index (χ2v) is 5.41. The van der Waals surface area contributed by atoms with E-state index in [4.69, 9.17) is 9.47 Å². The van der Waals surface area contributed by atoms with E-state index in [2.05, 4.69) is 25.3 Å². The van der Waals surface area contributed by atoms with E-state index >= 15 is 0 Å². The van der Waals surface area contributed by atoms with Gasteiger partial charge < -0.3 is 9.47 Å². The van der Waals surface area contributed by atoms with Gasteiger partial charge in [0.05, 0.1) is 6.20 Å². The Morgan fingerprint density at radius 1 is 1.12 bits per heavy atom. The number of anilines is 1. The molecule has 0 aromatic carbocycles. The molecule has 0 radical (unpaired) electrons. The molecule has 26 heavy (non-hydrogen) atoms. The molecule has 2 heterocycles. The Morgan fingerprint density at radius 3 is 2.35 bits per heavy atom. The first-order valence-electron chi connectivity index (χ1n) is 7.56. The predicted octanol–water partition coefficient (Wildman–Crippen LogP) is 0.227. The number of hydrogen-bond acceptors (Lipinski definition) is 9. The Balaban J connectivity index is 2.48. The number of nitrogens with zero attached hydrogens (tertiary/aromatic N) is 3. The first kappa shape index (κ1) is 19.0. The fourth-order valence-electron chi connectivity index (χ4n) is 2.19. The molecule has 2 aromatic heterocycles. The van der Waals surface area contributed by atoms with Crippen LogP contribution < -0.4 is 10.9 Å². The van der Waals surface area contributed by atoms with E-state index in [1.54, 1.807) is 0 Å². The van der Waals surface area contributed by atoms with Gasteiger partial charge >= 0.3 is 11.9 Å². The number of nitrogens with one attached hydrogen (secondary N) is 2. The molecule has 11 nitrogen and oxygen atoms in total. The molecule has 2 atom stereocenters. The second-order valence-electron chi connectivity index (χ2n) is 5.41. The number of carbonyl (C=O) groups is 3. The highest BCUT2D eigenvalue weighted by Crippen LogP contribution is 2.22. The first-order valence-corrected chi connectivity index (χ1v) is 7.56. The number of ether oxygens (including phenoxy) is 2. The fourth-order valence-corrected chi connectivity index (χ4v) is 2.19. The van der Waals surface area contributed by atoms with Crippen molar-refractivity contribution in [3.8, 4) is 0 Å². The summed E-state index contributed by atoms with van der Waals surface area (Å²) in [6, 6.07) is 0. The maximum absolute atomic E-state index is 12.2. The summed E-state index contributed by atoms with van der Waals surface area (Å²) in [7, 11) is 0. The number of amides is 1. The summed E-state index contributed by atoms with van der Waals surface area (Å²) in [5.41, 5.74) is -0.664. The number of rotatable bonds is 5. The predicted molar refractivity (Wildman–Crippen MR) is 88.0 cm³/mol. The topological polar surface area (TPSA) is 153 Å². The molecule has 0 spiro atoms. The van der Waals surface area contributed by atoms with E-state index in [1.165, 1.54) is 33.9 Å². The van der Waals surface area contributed by atoms with Crippen molar-refractivity contribution in [2.75, 3.05) is 5.32 Å². The van der Waals surface area contributed by atoms with Gasteiger partial charge in [0.2, 0.25) is 11.9 Å². The Bertz CT molecular complexity index is 924. The molecule has 0 aliphatic heterocycles. The van der Waals surface area contributed by atoms with E-state index < -0.39 is 35.6 Å². The third kappa shape index (κ3) is 4.59. The normalized spacial score (nSPS) is 12.9. The number of aromatic nitrogens is 4. The Hall–Kier alpha value is -3.37. The lowest BCUT2D eigenvalue weighted by Crippen LogP contribution is -2.27. The van der Waals surface area contributed by atoms with E-state index in [1.807, 2.05) is 0 Å². The van der Waals surface area contributed by atoms with Crippen LogP contribution in [0.3, 0.4) is 0 Å². The van der Waals surface area contributed by atoms with E-state index in [0.29, 0.717) is 0 Å². The molecule has 1 amide bonds. The second kappa shape index (κ2) is 7.68. The molecule has 11 heteroatoms. The van der Waals surface area contributed by atoms with Crippen LogP contribution in [-0.2, 0) is 23.9 Å². The summed E-state index contributed by atoms with van der Waals surface area (Å²) in [5.74, 6) is -1.67. The van der Waals surface area contributed by atoms with Crippen molar-refractivity contribution in [3.63, 3.8) is 0 Å². The molecule has 0 fully saturated rings. The van der Waals surface area contributed by atoms with Crippen LogP contribution in [0, 0.1) is 0 Å². The molecule has 2 unspecified atom stereocenters. The lowest BCUT2D eigenvalue weighted by atomic mass is 10.1. The summed E-state index contributed by atoms with van der Waals surface area (Å²) < 4.78 is 10.2. The van der Waals surface area contributed by atoms with E-state index in [9.17, 15) is 19.2 Å². The molecule has 0 aliphatic carbocycles. The van der Waals surface area contributed by atoms with Crippen LogP contribution in [0.15, 0.2) is 11.0 Å². The fraction of sp³-hybridized carbons (Fsp3) is 0.400. The largest absolute Gasteiger partial charge is 0.458 e. The number of carbonyl (C=O) groups excluding carboxylic acids is 3. The number of aromatic amines is 1. The summed E-state index contributed by atoms with van der Waals surface area (Å²) >= 11 is 0. The van der Waals surface area contributed by atoms with E-state index in [0.717, 1.165) is 0 Å². The molecule has 2 aromatic rings. The molecule has 0 saturated heterocycles.